The van der Waals surface area contributed by atoms with Crippen LogP contribution in [0.15, 0.2) is 14.4 Å². The molecule has 50 heavy (non-hydrogen) atoms. The predicted molar refractivity (Wildman–Crippen MR) is 194 cm³/mol. The lowest BCUT2D eigenvalue weighted by Gasteiger charge is -2.47. The fraction of sp³-hybridized carbons (Fsp3) is 0.850. The Morgan fingerprint density at radius 3 is 1.34 bits per heavy atom. The maximum Gasteiger partial charge on any atom is 0.336 e. The van der Waals surface area contributed by atoms with Crippen LogP contribution in [0.2, 0.25) is 0 Å². The minimum Gasteiger partial charge on any atom is -0.427 e. The van der Waals surface area contributed by atoms with Gasteiger partial charge in [0.05, 0.1) is 12.1 Å². The van der Waals surface area contributed by atoms with Gasteiger partial charge in [0.15, 0.2) is 0 Å². The maximum absolute atomic E-state index is 14.6. The Balaban J connectivity index is 1.85. The highest BCUT2D eigenvalue weighted by Crippen LogP contribution is 2.51. The van der Waals surface area contributed by atoms with Crippen LogP contribution in [0.25, 0.3) is 0 Å². The normalized spacial score (nSPS) is 33.3. The van der Waals surface area contributed by atoms with Crippen molar-refractivity contribution in [2.45, 2.75) is 159 Å². The summed E-state index contributed by atoms with van der Waals surface area (Å²) in [6, 6.07) is 4.69. The van der Waals surface area contributed by atoms with Gasteiger partial charge < -0.3 is 4.74 Å². The van der Waals surface area contributed by atoms with Crippen LogP contribution in [0.4, 0.5) is 0 Å². The summed E-state index contributed by atoms with van der Waals surface area (Å²) < 4.78 is 9.22. The van der Waals surface area contributed by atoms with Crippen LogP contribution in [-0.4, -0.2) is 20.3 Å². The van der Waals surface area contributed by atoms with Crippen molar-refractivity contribution in [1.29, 1.82) is 15.8 Å². The molecule has 276 valence electrons. The third kappa shape index (κ3) is 9.51. The van der Waals surface area contributed by atoms with Crippen LogP contribution in [0, 0.1) is 84.4 Å². The maximum atomic E-state index is 14.6. The molecule has 10 nitrogen and oxygen atoms in total. The number of rotatable bonds is 10. The molecule has 3 aliphatic carbocycles. The van der Waals surface area contributed by atoms with Crippen molar-refractivity contribution in [1.82, 2.24) is 13.7 Å². The van der Waals surface area contributed by atoms with Gasteiger partial charge in [-0.3, -0.25) is 0 Å². The van der Waals surface area contributed by atoms with Gasteiger partial charge in [-0.15, -0.1) is 0 Å². The SMILES string of the molecule is CC1(C)CCC(C)(Cn2c(=O)n(CC3(C)CC(CC#N)CC(C)(C)C3)c(=O)n(CC3(C)CC(CC#N)CC(C)(C)C3)c2=O)CC(COC#N)C1. The molecule has 0 amide bonds. The Morgan fingerprint density at radius 1 is 0.560 bits per heavy atom. The first-order chi connectivity index (χ1) is 23.1. The van der Waals surface area contributed by atoms with Crippen LogP contribution >= 0.6 is 0 Å². The highest BCUT2D eigenvalue weighted by atomic mass is 16.5. The molecule has 3 saturated carbocycles. The Bertz CT molecular complexity index is 1620. The molecule has 4 rings (SSSR count). The van der Waals surface area contributed by atoms with Gasteiger partial charge in [-0.25, -0.2) is 28.1 Å². The second-order valence-electron chi connectivity index (χ2n) is 20.3. The predicted octanol–water partition coefficient (Wildman–Crippen LogP) is 7.38. The Labute approximate surface area is 299 Å². The lowest BCUT2D eigenvalue weighted by Crippen LogP contribution is -2.58. The topological polar surface area (TPSA) is 147 Å². The molecular weight excluding hydrogens is 628 g/mol. The summed E-state index contributed by atoms with van der Waals surface area (Å²) in [5.41, 5.74) is -3.10. The number of aromatic nitrogens is 3. The Hall–Kier alpha value is -3.32. The fourth-order valence-corrected chi connectivity index (χ4v) is 11.5. The van der Waals surface area contributed by atoms with E-state index in [0.29, 0.717) is 25.9 Å². The van der Waals surface area contributed by atoms with Crippen molar-refractivity contribution in [3.05, 3.63) is 31.5 Å². The van der Waals surface area contributed by atoms with Crippen molar-refractivity contribution in [2.75, 3.05) is 6.61 Å². The lowest BCUT2D eigenvalue weighted by atomic mass is 9.60. The van der Waals surface area contributed by atoms with Crippen molar-refractivity contribution < 1.29 is 4.74 Å². The van der Waals surface area contributed by atoms with Crippen LogP contribution < -0.4 is 17.1 Å². The van der Waals surface area contributed by atoms with E-state index in [1.807, 2.05) is 6.26 Å². The van der Waals surface area contributed by atoms with Gasteiger partial charge >= 0.3 is 17.1 Å². The van der Waals surface area contributed by atoms with E-state index in [4.69, 9.17) is 10.00 Å². The van der Waals surface area contributed by atoms with Gasteiger partial charge in [0.1, 0.15) is 6.61 Å². The van der Waals surface area contributed by atoms with Gasteiger partial charge in [-0.1, -0.05) is 62.3 Å². The quantitative estimate of drug-likeness (QED) is 0.184. The molecule has 1 aromatic heterocycles. The minimum atomic E-state index is -0.566. The summed E-state index contributed by atoms with van der Waals surface area (Å²) in [5, 5.41) is 28.3. The molecule has 3 fully saturated rings. The zero-order valence-corrected chi connectivity index (χ0v) is 32.4. The standard InChI is InChI=1S/C40H62N6O4/c1-35(2)12-13-38(7,21-31(18-35)22-50-28-43)25-44-32(47)45(26-39(8)19-29(10-14-41)16-36(3,4)23-39)34(49)46(33(44)48)27-40(9)20-30(11-15-42)17-37(5,6)24-40/h29-31H,10-13,16-27H2,1-9H3. The molecule has 0 radical (unpaired) electrons. The van der Waals surface area contributed by atoms with Gasteiger partial charge in [0.25, 0.3) is 6.26 Å². The fourth-order valence-electron chi connectivity index (χ4n) is 11.5. The molecule has 0 N–H and O–H groups in total. The zero-order valence-electron chi connectivity index (χ0n) is 32.4. The molecule has 1 heterocycles. The van der Waals surface area contributed by atoms with E-state index in [1.165, 1.54) is 13.7 Å². The second kappa shape index (κ2) is 14.4. The van der Waals surface area contributed by atoms with Gasteiger partial charge in [0, 0.05) is 32.5 Å². The molecule has 0 spiro atoms. The molecule has 10 heteroatoms. The van der Waals surface area contributed by atoms with Crippen LogP contribution in [0.1, 0.15) is 139 Å². The molecule has 1 aromatic rings. The molecule has 0 saturated heterocycles. The van der Waals surface area contributed by atoms with Gasteiger partial charge in [-0.2, -0.15) is 15.8 Å². The molecule has 3 aliphatic rings. The molecule has 0 aromatic carbocycles. The number of ether oxygens (including phenoxy) is 1. The van der Waals surface area contributed by atoms with E-state index in [1.54, 1.807) is 0 Å². The Kier molecular flexibility index (Phi) is 11.3. The first-order valence-corrected chi connectivity index (χ1v) is 18.8. The van der Waals surface area contributed by atoms with E-state index < -0.39 is 33.3 Å². The van der Waals surface area contributed by atoms with E-state index in [9.17, 15) is 24.9 Å². The summed E-state index contributed by atoms with van der Waals surface area (Å²) in [5.74, 6) is 0.416. The lowest BCUT2D eigenvalue weighted by molar-refractivity contribution is 0.0329. The highest BCUT2D eigenvalue weighted by Gasteiger charge is 2.45. The van der Waals surface area contributed by atoms with Crippen LogP contribution in [0.5, 0.6) is 0 Å². The van der Waals surface area contributed by atoms with E-state index in [-0.39, 0.29) is 53.6 Å². The first-order valence-electron chi connectivity index (χ1n) is 18.8. The summed E-state index contributed by atoms with van der Waals surface area (Å²) >= 11 is 0. The third-order valence-corrected chi connectivity index (χ3v) is 12.2. The van der Waals surface area contributed by atoms with Crippen LogP contribution in [-0.2, 0) is 24.4 Å². The number of nitrogens with zero attached hydrogens (tertiary/aromatic N) is 6. The average molecular weight is 691 g/mol. The van der Waals surface area contributed by atoms with E-state index >= 15 is 0 Å². The van der Waals surface area contributed by atoms with Crippen molar-refractivity contribution in [3.8, 4) is 18.4 Å². The second-order valence-corrected chi connectivity index (χ2v) is 20.3. The highest BCUT2D eigenvalue weighted by molar-refractivity contribution is 4.98. The molecule has 0 aliphatic heterocycles. The average Bonchev–Trinajstić information content (AvgIpc) is 3.07. The van der Waals surface area contributed by atoms with Gasteiger partial charge in [0.2, 0.25) is 0 Å². The van der Waals surface area contributed by atoms with E-state index in [0.717, 1.165) is 57.8 Å². The summed E-state index contributed by atoms with van der Waals surface area (Å²) in [6.07, 6.45) is 10.8. The smallest absolute Gasteiger partial charge is 0.336 e. The number of nitriles is 3. The van der Waals surface area contributed by atoms with Crippen molar-refractivity contribution in [3.63, 3.8) is 0 Å². The monoisotopic (exact) mass is 690 g/mol. The summed E-state index contributed by atoms with van der Waals surface area (Å²) in [7, 11) is 0. The molecule has 0 bridgehead atoms. The number of hydrogen-bond acceptors (Lipinski definition) is 7. The molecule has 6 atom stereocenters. The van der Waals surface area contributed by atoms with Crippen LogP contribution in [0.3, 0.4) is 0 Å². The number of hydrogen-bond donors (Lipinski definition) is 0. The van der Waals surface area contributed by atoms with E-state index in [2.05, 4.69) is 74.5 Å². The first kappa shape index (κ1) is 39.5. The minimum absolute atomic E-state index is 0.00981. The Morgan fingerprint density at radius 2 is 0.940 bits per heavy atom. The largest absolute Gasteiger partial charge is 0.427 e. The summed E-state index contributed by atoms with van der Waals surface area (Å²) in [4.78, 5) is 43.8. The molecular formula is C40H62N6O4. The zero-order chi connectivity index (χ0) is 37.3. The van der Waals surface area contributed by atoms with Crippen molar-refractivity contribution >= 4 is 0 Å². The molecule has 6 unspecified atom stereocenters. The van der Waals surface area contributed by atoms with Crippen molar-refractivity contribution in [2.24, 2.45) is 50.2 Å². The van der Waals surface area contributed by atoms with Gasteiger partial charge in [-0.05, 0) is 114 Å². The third-order valence-electron chi connectivity index (χ3n) is 12.2. The summed E-state index contributed by atoms with van der Waals surface area (Å²) in [6.45, 7) is 20.4.